The van der Waals surface area contributed by atoms with Crippen LogP contribution in [0.25, 0.3) is 0 Å². The van der Waals surface area contributed by atoms with Crippen molar-refractivity contribution in [3.05, 3.63) is 43.7 Å². The van der Waals surface area contributed by atoms with E-state index in [1.165, 1.54) is 0 Å². The molecule has 0 fully saturated rings. The highest BCUT2D eigenvalue weighted by Crippen LogP contribution is 2.32. The van der Waals surface area contributed by atoms with Gasteiger partial charge in [-0.25, -0.2) is 0 Å². The molecule has 2 rings (SSSR count). The summed E-state index contributed by atoms with van der Waals surface area (Å²) in [5.74, 6) is 0.704. The van der Waals surface area contributed by atoms with E-state index in [9.17, 15) is 0 Å². The highest BCUT2D eigenvalue weighted by Gasteiger charge is 2.20. The lowest BCUT2D eigenvalue weighted by Crippen LogP contribution is -2.17. The van der Waals surface area contributed by atoms with Crippen LogP contribution in [0.1, 0.15) is 17.3 Å². The van der Waals surface area contributed by atoms with Gasteiger partial charge in [0.15, 0.2) is 5.75 Å². The van der Waals surface area contributed by atoms with Gasteiger partial charge in [0.2, 0.25) is 0 Å². The van der Waals surface area contributed by atoms with Crippen LogP contribution in [0.3, 0.4) is 0 Å². The van der Waals surface area contributed by atoms with Crippen LogP contribution in [-0.2, 0) is 7.05 Å². The monoisotopic (exact) mass is 421 g/mol. The Morgan fingerprint density at radius 3 is 2.89 bits per heavy atom. The van der Waals surface area contributed by atoms with Gasteiger partial charge in [-0.1, -0.05) is 15.9 Å². The summed E-state index contributed by atoms with van der Waals surface area (Å²) >= 11 is 5.80. The minimum absolute atomic E-state index is 0.281. The maximum Gasteiger partial charge on any atom is 0.161 e. The lowest BCUT2D eigenvalue weighted by molar-refractivity contribution is 0.406. The van der Waals surface area contributed by atoms with Crippen molar-refractivity contribution in [2.75, 3.05) is 7.11 Å². The molecule has 1 atom stereocenters. The number of benzene rings is 1. The predicted octanol–water partition coefficient (Wildman–Crippen LogP) is 2.84. The molecule has 0 amide bonds. The summed E-state index contributed by atoms with van der Waals surface area (Å²) in [6.07, 6.45) is 1.68. The number of rotatable bonds is 3. The molecule has 0 radical (unpaired) electrons. The minimum atomic E-state index is -0.281. The van der Waals surface area contributed by atoms with Crippen LogP contribution in [0.15, 0.2) is 28.9 Å². The van der Waals surface area contributed by atoms with Crippen molar-refractivity contribution in [2.24, 2.45) is 12.8 Å². The molecule has 0 aliphatic heterocycles. The molecule has 4 nitrogen and oxygen atoms in total. The number of hydrogen-bond donors (Lipinski definition) is 1. The Morgan fingerprint density at radius 1 is 1.50 bits per heavy atom. The summed E-state index contributed by atoms with van der Waals surface area (Å²) < 4.78 is 9.17. The average molecular weight is 422 g/mol. The fraction of sp³-hybridized carbons (Fsp3) is 0.250. The Morgan fingerprint density at radius 2 is 2.22 bits per heavy atom. The Bertz CT molecular complexity index is 570. The number of nitrogens with zero attached hydrogens (tertiary/aromatic N) is 2. The highest BCUT2D eigenvalue weighted by molar-refractivity contribution is 14.1. The summed E-state index contributed by atoms with van der Waals surface area (Å²) in [5, 5.41) is 4.18. The van der Waals surface area contributed by atoms with Gasteiger partial charge >= 0.3 is 0 Å². The molecule has 1 heterocycles. The van der Waals surface area contributed by atoms with Crippen LogP contribution in [-0.4, -0.2) is 16.9 Å². The fourth-order valence-corrected chi connectivity index (χ4v) is 2.85. The van der Waals surface area contributed by atoms with Crippen LogP contribution in [0.2, 0.25) is 0 Å². The van der Waals surface area contributed by atoms with Crippen molar-refractivity contribution in [3.63, 3.8) is 0 Å². The number of ether oxygens (including phenoxy) is 1. The SMILES string of the molecule is COc1cnn(C)c1C(N)c1cc(I)ccc1Br. The van der Waals surface area contributed by atoms with E-state index in [2.05, 4.69) is 49.7 Å². The van der Waals surface area contributed by atoms with Crippen molar-refractivity contribution < 1.29 is 4.74 Å². The van der Waals surface area contributed by atoms with Crippen molar-refractivity contribution >= 4 is 38.5 Å². The van der Waals surface area contributed by atoms with Crippen LogP contribution < -0.4 is 10.5 Å². The molecule has 6 heteroatoms. The molecule has 0 aliphatic rings. The zero-order chi connectivity index (χ0) is 13.3. The van der Waals surface area contributed by atoms with E-state index in [-0.39, 0.29) is 6.04 Å². The van der Waals surface area contributed by atoms with E-state index < -0.39 is 0 Å². The minimum Gasteiger partial charge on any atom is -0.493 e. The number of methoxy groups -OCH3 is 1. The molecule has 2 aromatic rings. The molecule has 1 unspecified atom stereocenters. The third-order valence-corrected chi connectivity index (χ3v) is 4.15. The third kappa shape index (κ3) is 2.55. The number of nitrogens with two attached hydrogens (primary N) is 1. The van der Waals surface area contributed by atoms with Crippen LogP contribution in [0, 0.1) is 3.57 Å². The van der Waals surface area contributed by atoms with Gasteiger partial charge in [-0.05, 0) is 46.4 Å². The van der Waals surface area contributed by atoms with Gasteiger partial charge in [0.1, 0.15) is 5.69 Å². The molecular weight excluding hydrogens is 409 g/mol. The molecule has 1 aromatic carbocycles. The summed E-state index contributed by atoms with van der Waals surface area (Å²) in [7, 11) is 3.48. The Kier molecular flexibility index (Phi) is 4.29. The first-order valence-corrected chi connectivity index (χ1v) is 7.18. The summed E-state index contributed by atoms with van der Waals surface area (Å²) in [4.78, 5) is 0. The van der Waals surface area contributed by atoms with Gasteiger partial charge in [-0.3, -0.25) is 4.68 Å². The maximum absolute atomic E-state index is 6.33. The van der Waals surface area contributed by atoms with E-state index in [1.807, 2.05) is 19.2 Å². The van der Waals surface area contributed by atoms with E-state index >= 15 is 0 Å². The number of halogens is 2. The maximum atomic E-state index is 6.33. The van der Waals surface area contributed by atoms with E-state index in [1.54, 1.807) is 18.0 Å². The van der Waals surface area contributed by atoms with Gasteiger partial charge in [0.05, 0.1) is 19.3 Å². The topological polar surface area (TPSA) is 53.1 Å². The first-order valence-electron chi connectivity index (χ1n) is 5.31. The average Bonchev–Trinajstić information content (AvgIpc) is 2.72. The first-order chi connectivity index (χ1) is 8.54. The quantitative estimate of drug-likeness (QED) is 0.775. The number of hydrogen-bond acceptors (Lipinski definition) is 3. The molecule has 2 N–H and O–H groups in total. The molecule has 0 spiro atoms. The molecule has 96 valence electrons. The summed E-state index contributed by atoms with van der Waals surface area (Å²) in [6, 6.07) is 5.81. The first kappa shape index (κ1) is 13.8. The standard InChI is InChI=1S/C12H13BrIN3O/c1-17-12(10(18-2)6-16-17)11(15)8-5-7(14)3-4-9(8)13/h3-6,11H,15H2,1-2H3. The van der Waals surface area contributed by atoms with Crippen molar-refractivity contribution in [3.8, 4) is 5.75 Å². The molecule has 0 saturated heterocycles. The van der Waals surface area contributed by atoms with E-state index in [0.717, 1.165) is 19.3 Å². The Labute approximate surface area is 128 Å². The van der Waals surface area contributed by atoms with E-state index in [0.29, 0.717) is 5.75 Å². The van der Waals surface area contributed by atoms with Gasteiger partial charge < -0.3 is 10.5 Å². The van der Waals surface area contributed by atoms with E-state index in [4.69, 9.17) is 10.5 Å². The second-order valence-electron chi connectivity index (χ2n) is 3.87. The largest absolute Gasteiger partial charge is 0.493 e. The third-order valence-electron chi connectivity index (χ3n) is 2.76. The zero-order valence-corrected chi connectivity index (χ0v) is 13.8. The summed E-state index contributed by atoms with van der Waals surface area (Å²) in [5.41, 5.74) is 8.21. The van der Waals surface area contributed by atoms with Crippen molar-refractivity contribution in [2.45, 2.75) is 6.04 Å². The number of aromatic nitrogens is 2. The van der Waals surface area contributed by atoms with Gasteiger partial charge in [0.25, 0.3) is 0 Å². The molecular formula is C12H13BrIN3O. The van der Waals surface area contributed by atoms with Crippen molar-refractivity contribution in [1.82, 2.24) is 9.78 Å². The summed E-state index contributed by atoms with van der Waals surface area (Å²) in [6.45, 7) is 0. The Balaban J connectivity index is 2.50. The zero-order valence-electron chi connectivity index (χ0n) is 10.0. The lowest BCUT2D eigenvalue weighted by atomic mass is 10.0. The second-order valence-corrected chi connectivity index (χ2v) is 5.97. The van der Waals surface area contributed by atoms with Gasteiger partial charge in [-0.15, -0.1) is 0 Å². The van der Waals surface area contributed by atoms with Crippen LogP contribution >= 0.6 is 38.5 Å². The normalized spacial score (nSPS) is 12.5. The molecule has 0 aliphatic carbocycles. The van der Waals surface area contributed by atoms with Crippen LogP contribution in [0.5, 0.6) is 5.75 Å². The predicted molar refractivity (Wildman–Crippen MR) is 82.6 cm³/mol. The van der Waals surface area contributed by atoms with Gasteiger partial charge in [-0.2, -0.15) is 5.10 Å². The van der Waals surface area contributed by atoms with Crippen molar-refractivity contribution in [1.29, 1.82) is 0 Å². The second kappa shape index (κ2) is 5.58. The molecule has 18 heavy (non-hydrogen) atoms. The van der Waals surface area contributed by atoms with Gasteiger partial charge in [0, 0.05) is 15.1 Å². The number of aryl methyl sites for hydroxylation is 1. The molecule has 1 aromatic heterocycles. The van der Waals surface area contributed by atoms with Crippen LogP contribution in [0.4, 0.5) is 0 Å². The molecule has 0 bridgehead atoms. The highest BCUT2D eigenvalue weighted by atomic mass is 127. The molecule has 0 saturated carbocycles. The fourth-order valence-electron chi connectivity index (χ4n) is 1.84. The smallest absolute Gasteiger partial charge is 0.161 e. The Hall–Kier alpha value is -0.600. The lowest BCUT2D eigenvalue weighted by Gasteiger charge is -2.16.